The van der Waals surface area contributed by atoms with Gasteiger partial charge >= 0.3 is 6.18 Å². The highest BCUT2D eigenvalue weighted by Gasteiger charge is 2.28. The quantitative estimate of drug-likeness (QED) is 0.464. The molecule has 34 heavy (non-hydrogen) atoms. The summed E-state index contributed by atoms with van der Waals surface area (Å²) in [5.74, 6) is -0.638. The Hall–Kier alpha value is -4.35. The van der Waals surface area contributed by atoms with E-state index in [1.54, 1.807) is 58.5 Å². The predicted octanol–water partition coefficient (Wildman–Crippen LogP) is 2.31. The highest BCUT2D eigenvalue weighted by atomic mass is 19.4. The number of carbonyl (C=O) groups excluding carboxylic acids is 1. The van der Waals surface area contributed by atoms with Gasteiger partial charge in [-0.25, -0.2) is 14.6 Å². The van der Waals surface area contributed by atoms with E-state index in [2.05, 4.69) is 20.2 Å². The van der Waals surface area contributed by atoms with Crippen molar-refractivity contribution in [1.82, 2.24) is 34.8 Å². The largest absolute Gasteiger partial charge is 0.405 e. The number of nitrogens with one attached hydrogen (secondary N) is 1. The summed E-state index contributed by atoms with van der Waals surface area (Å²) >= 11 is 0. The van der Waals surface area contributed by atoms with E-state index in [4.69, 9.17) is 0 Å². The maximum absolute atomic E-state index is 12.4. The van der Waals surface area contributed by atoms with Crippen LogP contribution in [0, 0.1) is 0 Å². The highest BCUT2D eigenvalue weighted by Crippen LogP contribution is 2.18. The second kappa shape index (κ2) is 9.25. The zero-order valence-electron chi connectivity index (χ0n) is 17.8. The first-order valence-corrected chi connectivity index (χ1v) is 10.0. The van der Waals surface area contributed by atoms with E-state index < -0.39 is 18.6 Å². The van der Waals surface area contributed by atoms with E-state index >= 15 is 0 Å². The van der Waals surface area contributed by atoms with Crippen LogP contribution in [0.25, 0.3) is 17.1 Å². The van der Waals surface area contributed by atoms with Crippen LogP contribution in [0.15, 0.2) is 66.1 Å². The van der Waals surface area contributed by atoms with Gasteiger partial charge in [-0.3, -0.25) is 14.3 Å². The lowest BCUT2D eigenvalue weighted by atomic mass is 10.1. The van der Waals surface area contributed by atoms with Crippen molar-refractivity contribution >= 4 is 5.91 Å². The molecule has 0 radical (unpaired) electrons. The van der Waals surface area contributed by atoms with Gasteiger partial charge in [0.15, 0.2) is 5.82 Å². The molecule has 0 spiro atoms. The zero-order valence-corrected chi connectivity index (χ0v) is 17.8. The van der Waals surface area contributed by atoms with Gasteiger partial charge in [0.25, 0.3) is 5.91 Å². The fourth-order valence-electron chi connectivity index (χ4n) is 3.13. The monoisotopic (exact) mass is 469 g/mol. The van der Waals surface area contributed by atoms with E-state index in [1.165, 1.54) is 6.07 Å². The van der Waals surface area contributed by atoms with E-state index in [9.17, 15) is 22.8 Å². The standard InChI is InChI=1S/C22H18F3N7O2/c1-31-12-17(11-29-31)32-6-5-19(33)18(30-32)8-14-3-2-4-15(7-14)20-26-9-16(10-27-20)21(34)28-13-22(23,24)25/h2-7,9-12H,8,13H2,1H3,(H,28,34). The Morgan fingerprint density at radius 1 is 1.12 bits per heavy atom. The summed E-state index contributed by atoms with van der Waals surface area (Å²) in [7, 11) is 1.78. The average Bonchev–Trinajstić information content (AvgIpc) is 3.25. The summed E-state index contributed by atoms with van der Waals surface area (Å²) in [4.78, 5) is 32.4. The summed E-state index contributed by atoms with van der Waals surface area (Å²) in [6, 6.07) is 8.55. The number of hydrogen-bond donors (Lipinski definition) is 1. The topological polar surface area (TPSA) is 108 Å². The van der Waals surface area contributed by atoms with Crippen molar-refractivity contribution < 1.29 is 18.0 Å². The van der Waals surface area contributed by atoms with Crippen LogP contribution in [-0.4, -0.2) is 48.2 Å². The lowest BCUT2D eigenvalue weighted by Gasteiger charge is -2.09. The van der Waals surface area contributed by atoms with Crippen LogP contribution in [0.1, 0.15) is 21.6 Å². The van der Waals surface area contributed by atoms with Crippen LogP contribution in [-0.2, 0) is 13.5 Å². The molecule has 0 aliphatic heterocycles. The smallest absolute Gasteiger partial charge is 0.343 e. The molecule has 0 saturated heterocycles. The Bertz CT molecular complexity index is 1380. The molecule has 12 heteroatoms. The molecule has 0 atom stereocenters. The number of alkyl halides is 3. The molecule has 4 aromatic rings. The maximum atomic E-state index is 12.4. The molecule has 174 valence electrons. The minimum absolute atomic E-state index is 0.0893. The van der Waals surface area contributed by atoms with Crippen molar-refractivity contribution in [3.05, 3.63) is 88.4 Å². The minimum Gasteiger partial charge on any atom is -0.343 e. The van der Waals surface area contributed by atoms with Crippen LogP contribution in [0.2, 0.25) is 0 Å². The first kappa shape index (κ1) is 22.8. The number of carbonyl (C=O) groups is 1. The molecule has 0 aliphatic rings. The average molecular weight is 469 g/mol. The van der Waals surface area contributed by atoms with Crippen molar-refractivity contribution in [2.24, 2.45) is 7.05 Å². The van der Waals surface area contributed by atoms with Crippen LogP contribution in [0.4, 0.5) is 13.2 Å². The van der Waals surface area contributed by atoms with Crippen molar-refractivity contribution in [1.29, 1.82) is 0 Å². The zero-order chi connectivity index (χ0) is 24.3. The van der Waals surface area contributed by atoms with Gasteiger partial charge in [-0.2, -0.15) is 23.4 Å². The first-order valence-electron chi connectivity index (χ1n) is 10.0. The number of amides is 1. The summed E-state index contributed by atoms with van der Waals surface area (Å²) < 4.78 is 40.0. The molecule has 9 nitrogen and oxygen atoms in total. The van der Waals surface area contributed by atoms with Gasteiger partial charge in [-0.15, -0.1) is 0 Å². The fourth-order valence-corrected chi connectivity index (χ4v) is 3.13. The molecule has 0 fully saturated rings. The Morgan fingerprint density at radius 2 is 1.88 bits per heavy atom. The third kappa shape index (κ3) is 5.52. The SMILES string of the molecule is Cn1cc(-n2ccc(=O)c(Cc3cccc(-c4ncc(C(=O)NCC(F)(F)F)cn4)c3)n2)cn1. The molecule has 1 amide bonds. The number of hydrogen-bond acceptors (Lipinski definition) is 6. The molecule has 0 saturated carbocycles. The lowest BCUT2D eigenvalue weighted by Crippen LogP contribution is -2.33. The summed E-state index contributed by atoms with van der Waals surface area (Å²) in [5.41, 5.74) is 2.14. The first-order chi connectivity index (χ1) is 16.2. The molecular weight excluding hydrogens is 451 g/mol. The lowest BCUT2D eigenvalue weighted by molar-refractivity contribution is -0.123. The number of halogens is 3. The van der Waals surface area contributed by atoms with Crippen molar-refractivity contribution in [2.45, 2.75) is 12.6 Å². The molecule has 0 unspecified atom stereocenters. The number of nitrogens with zero attached hydrogens (tertiary/aromatic N) is 6. The van der Waals surface area contributed by atoms with Gasteiger partial charge in [-0.1, -0.05) is 18.2 Å². The van der Waals surface area contributed by atoms with Gasteiger partial charge < -0.3 is 5.32 Å². The summed E-state index contributed by atoms with van der Waals surface area (Å²) in [6.45, 7) is -1.44. The van der Waals surface area contributed by atoms with Gasteiger partial charge in [-0.05, 0) is 11.6 Å². The Balaban J connectivity index is 1.52. The van der Waals surface area contributed by atoms with E-state index in [1.807, 2.05) is 6.07 Å². The second-order valence-corrected chi connectivity index (χ2v) is 7.41. The van der Waals surface area contributed by atoms with Crippen molar-refractivity contribution in [2.75, 3.05) is 6.54 Å². The maximum Gasteiger partial charge on any atom is 0.405 e. The van der Waals surface area contributed by atoms with Crippen molar-refractivity contribution in [3.63, 3.8) is 0 Å². The van der Waals surface area contributed by atoms with Gasteiger partial charge in [0.1, 0.15) is 17.9 Å². The number of benzene rings is 1. The van der Waals surface area contributed by atoms with Gasteiger partial charge in [0, 0.05) is 43.7 Å². The molecule has 1 aromatic carbocycles. The van der Waals surface area contributed by atoms with Crippen molar-refractivity contribution in [3.8, 4) is 17.1 Å². The normalized spacial score (nSPS) is 11.4. The third-order valence-electron chi connectivity index (χ3n) is 4.76. The fraction of sp³-hybridized carbons (Fsp3) is 0.182. The number of aromatic nitrogens is 6. The second-order valence-electron chi connectivity index (χ2n) is 7.41. The summed E-state index contributed by atoms with van der Waals surface area (Å²) in [6.07, 6.45) is 3.04. The van der Waals surface area contributed by atoms with Crippen LogP contribution in [0.5, 0.6) is 0 Å². The van der Waals surface area contributed by atoms with Crippen LogP contribution in [0.3, 0.4) is 0 Å². The predicted molar refractivity (Wildman–Crippen MR) is 115 cm³/mol. The summed E-state index contributed by atoms with van der Waals surface area (Å²) in [5, 5.41) is 10.3. The highest BCUT2D eigenvalue weighted by molar-refractivity contribution is 5.93. The van der Waals surface area contributed by atoms with Gasteiger partial charge in [0.05, 0.1) is 18.0 Å². The molecule has 1 N–H and O–H groups in total. The molecular formula is C22H18F3N7O2. The molecule has 0 aliphatic carbocycles. The van der Waals surface area contributed by atoms with E-state index in [0.717, 1.165) is 18.0 Å². The Morgan fingerprint density at radius 3 is 2.56 bits per heavy atom. The van der Waals surface area contributed by atoms with E-state index in [0.29, 0.717) is 16.9 Å². The molecule has 0 bridgehead atoms. The Kier molecular flexibility index (Phi) is 6.21. The van der Waals surface area contributed by atoms with Crippen LogP contribution >= 0.6 is 0 Å². The number of rotatable bonds is 6. The molecule has 3 heterocycles. The minimum atomic E-state index is -4.51. The van der Waals surface area contributed by atoms with E-state index in [-0.39, 0.29) is 23.2 Å². The van der Waals surface area contributed by atoms with Gasteiger partial charge in [0.2, 0.25) is 5.43 Å². The molecule has 3 aromatic heterocycles. The van der Waals surface area contributed by atoms with Crippen LogP contribution < -0.4 is 10.7 Å². The Labute approximate surface area is 190 Å². The third-order valence-corrected chi connectivity index (χ3v) is 4.76. The number of aryl methyl sites for hydroxylation is 1. The molecule has 4 rings (SSSR count).